The number of aliphatic hydroxyl groups is 2. The van der Waals surface area contributed by atoms with Gasteiger partial charge in [0.2, 0.25) is 0 Å². The molecule has 0 saturated heterocycles. The molecule has 6 heteroatoms. The van der Waals surface area contributed by atoms with E-state index in [0.29, 0.717) is 17.8 Å². The summed E-state index contributed by atoms with van der Waals surface area (Å²) in [5, 5.41) is 21.1. The largest absolute Gasteiger partial charge is 0.395 e. The van der Waals surface area contributed by atoms with Crippen LogP contribution < -0.4 is 10.2 Å². The van der Waals surface area contributed by atoms with E-state index >= 15 is 0 Å². The highest BCUT2D eigenvalue weighted by Crippen LogP contribution is 2.38. The van der Waals surface area contributed by atoms with Crippen molar-refractivity contribution in [1.82, 2.24) is 0 Å². The predicted molar refractivity (Wildman–Crippen MR) is 68.1 cm³/mol. The Morgan fingerprint density at radius 3 is 2.88 bits per heavy atom. The van der Waals surface area contributed by atoms with Crippen molar-refractivity contribution in [3.05, 3.63) is 22.2 Å². The van der Waals surface area contributed by atoms with Gasteiger partial charge in [-0.2, -0.15) is 0 Å². The number of hydrogen-bond donors (Lipinski definition) is 3. The topological polar surface area (TPSA) is 72.8 Å². The molecule has 1 aromatic carbocycles. The molecule has 0 radical (unpaired) electrons. The smallest absolute Gasteiger partial charge is 0.257 e. The molecule has 1 unspecified atom stereocenters. The highest BCUT2D eigenvalue weighted by molar-refractivity contribution is 9.10. The average Bonchev–Trinajstić information content (AvgIpc) is 2.55. The molecule has 2 rings (SSSR count). The number of nitrogens with zero attached hydrogens (tertiary/aromatic N) is 1. The summed E-state index contributed by atoms with van der Waals surface area (Å²) < 4.78 is 0.780. The van der Waals surface area contributed by atoms with Gasteiger partial charge < -0.3 is 20.4 Å². The van der Waals surface area contributed by atoms with Gasteiger partial charge in [0.25, 0.3) is 5.91 Å². The average molecular weight is 301 g/mol. The van der Waals surface area contributed by atoms with Crippen LogP contribution in [0.5, 0.6) is 0 Å². The van der Waals surface area contributed by atoms with Crippen LogP contribution in [-0.4, -0.2) is 36.3 Å². The standard InChI is InChI=1S/C11H13BrN2O3/c1-14(2-3-15)9-5-8-6(4-7(9)12)10(16)11(17)13-8/h4-5,10,15-16H,2-3H2,1H3,(H,13,17). The number of fused-ring (bicyclic) bond motifs is 1. The first-order valence-corrected chi connectivity index (χ1v) is 5.98. The number of likely N-dealkylation sites (N-methyl/N-ethyl adjacent to an activating group) is 1. The summed E-state index contributed by atoms with van der Waals surface area (Å²) in [5.41, 5.74) is 2.04. The molecule has 1 heterocycles. The number of carbonyl (C=O) groups excluding carboxylic acids is 1. The van der Waals surface area contributed by atoms with E-state index in [1.165, 1.54) is 0 Å². The number of benzene rings is 1. The van der Waals surface area contributed by atoms with Gasteiger partial charge in [-0.25, -0.2) is 0 Å². The Labute approximate surface area is 107 Å². The molecule has 0 bridgehead atoms. The van der Waals surface area contributed by atoms with Crippen LogP contribution in [0.4, 0.5) is 11.4 Å². The first-order valence-electron chi connectivity index (χ1n) is 5.19. The van der Waals surface area contributed by atoms with Crippen molar-refractivity contribution in [2.24, 2.45) is 0 Å². The minimum atomic E-state index is -1.10. The third-order valence-corrected chi connectivity index (χ3v) is 3.40. The number of carbonyl (C=O) groups is 1. The van der Waals surface area contributed by atoms with Crippen LogP contribution in [0.15, 0.2) is 16.6 Å². The summed E-state index contributed by atoms with van der Waals surface area (Å²) in [6.07, 6.45) is -1.10. The van der Waals surface area contributed by atoms with E-state index < -0.39 is 12.0 Å². The zero-order chi connectivity index (χ0) is 12.6. The van der Waals surface area contributed by atoms with Crippen LogP contribution in [0.2, 0.25) is 0 Å². The highest BCUT2D eigenvalue weighted by atomic mass is 79.9. The first kappa shape index (κ1) is 12.3. The van der Waals surface area contributed by atoms with E-state index in [9.17, 15) is 9.90 Å². The number of halogens is 1. The van der Waals surface area contributed by atoms with Crippen molar-refractivity contribution in [2.75, 3.05) is 30.4 Å². The molecule has 1 amide bonds. The van der Waals surface area contributed by atoms with Crippen molar-refractivity contribution in [1.29, 1.82) is 0 Å². The molecule has 17 heavy (non-hydrogen) atoms. The predicted octanol–water partition coefficient (Wildman–Crippen LogP) is 0.863. The third kappa shape index (κ3) is 2.15. The maximum atomic E-state index is 11.3. The summed E-state index contributed by atoms with van der Waals surface area (Å²) in [6.45, 7) is 0.545. The van der Waals surface area contributed by atoms with Crippen molar-refractivity contribution in [2.45, 2.75) is 6.10 Å². The fourth-order valence-corrected chi connectivity index (χ4v) is 2.48. The Bertz CT molecular complexity index is 464. The van der Waals surface area contributed by atoms with Gasteiger partial charge >= 0.3 is 0 Å². The van der Waals surface area contributed by atoms with Gasteiger partial charge in [-0.3, -0.25) is 4.79 Å². The molecule has 0 saturated carbocycles. The number of hydrogen-bond acceptors (Lipinski definition) is 4. The Balaban J connectivity index is 2.39. The maximum Gasteiger partial charge on any atom is 0.257 e. The lowest BCUT2D eigenvalue weighted by Gasteiger charge is -2.20. The number of aliphatic hydroxyl groups excluding tert-OH is 2. The summed E-state index contributed by atoms with van der Waals surface area (Å²) in [6, 6.07) is 3.50. The van der Waals surface area contributed by atoms with E-state index in [0.717, 1.165) is 10.2 Å². The van der Waals surface area contributed by atoms with Gasteiger partial charge in [0.05, 0.1) is 12.3 Å². The summed E-state index contributed by atoms with van der Waals surface area (Å²) >= 11 is 3.39. The zero-order valence-corrected chi connectivity index (χ0v) is 10.9. The third-order valence-electron chi connectivity index (χ3n) is 2.77. The molecule has 0 aliphatic carbocycles. The molecule has 92 valence electrons. The first-order chi connectivity index (χ1) is 8.04. The second-order valence-corrected chi connectivity index (χ2v) is 4.78. The highest BCUT2D eigenvalue weighted by Gasteiger charge is 2.29. The lowest BCUT2D eigenvalue weighted by atomic mass is 10.1. The SMILES string of the molecule is CN(CCO)c1cc2c(cc1Br)C(O)C(=O)N2. The quantitative estimate of drug-likeness (QED) is 0.774. The lowest BCUT2D eigenvalue weighted by molar-refractivity contribution is -0.123. The van der Waals surface area contributed by atoms with Crippen LogP contribution >= 0.6 is 15.9 Å². The van der Waals surface area contributed by atoms with Crippen LogP contribution in [0, 0.1) is 0 Å². The minimum Gasteiger partial charge on any atom is -0.395 e. The van der Waals surface area contributed by atoms with Crippen LogP contribution in [0.3, 0.4) is 0 Å². The van der Waals surface area contributed by atoms with E-state index in [4.69, 9.17) is 5.11 Å². The fourth-order valence-electron chi connectivity index (χ4n) is 1.82. The van der Waals surface area contributed by atoms with Crippen LogP contribution in [0.1, 0.15) is 11.7 Å². The second-order valence-electron chi connectivity index (χ2n) is 3.93. The number of anilines is 2. The Morgan fingerprint density at radius 1 is 1.53 bits per heavy atom. The van der Waals surface area contributed by atoms with Gasteiger partial charge in [-0.05, 0) is 28.1 Å². The van der Waals surface area contributed by atoms with Gasteiger partial charge in [0.1, 0.15) is 0 Å². The van der Waals surface area contributed by atoms with Crippen molar-refractivity contribution in [3.8, 4) is 0 Å². The minimum absolute atomic E-state index is 0.0506. The molecule has 1 aromatic rings. The molecule has 1 aliphatic rings. The fraction of sp³-hybridized carbons (Fsp3) is 0.364. The second kappa shape index (κ2) is 4.64. The Hall–Kier alpha value is -1.11. The van der Waals surface area contributed by atoms with E-state index in [2.05, 4.69) is 21.2 Å². The zero-order valence-electron chi connectivity index (χ0n) is 9.27. The number of amides is 1. The van der Waals surface area contributed by atoms with Crippen molar-refractivity contribution >= 4 is 33.2 Å². The van der Waals surface area contributed by atoms with E-state index in [1.807, 2.05) is 11.9 Å². The molecule has 0 spiro atoms. The summed E-state index contributed by atoms with van der Waals surface area (Å²) in [4.78, 5) is 13.2. The normalized spacial score (nSPS) is 17.9. The summed E-state index contributed by atoms with van der Waals surface area (Å²) in [7, 11) is 1.84. The summed E-state index contributed by atoms with van der Waals surface area (Å²) in [5.74, 6) is -0.408. The monoisotopic (exact) mass is 300 g/mol. The molecule has 5 nitrogen and oxygen atoms in total. The van der Waals surface area contributed by atoms with Gasteiger partial charge in [-0.1, -0.05) is 0 Å². The molecule has 3 N–H and O–H groups in total. The van der Waals surface area contributed by atoms with Gasteiger partial charge in [0, 0.05) is 29.3 Å². The molecular formula is C11H13BrN2O3. The molecule has 1 atom stereocenters. The molecule has 0 fully saturated rings. The molecular weight excluding hydrogens is 288 g/mol. The molecule has 1 aliphatic heterocycles. The number of nitrogens with one attached hydrogen (secondary N) is 1. The number of rotatable bonds is 3. The lowest BCUT2D eigenvalue weighted by Crippen LogP contribution is -2.21. The van der Waals surface area contributed by atoms with Crippen molar-refractivity contribution < 1.29 is 15.0 Å². The Morgan fingerprint density at radius 2 is 2.24 bits per heavy atom. The van der Waals surface area contributed by atoms with Gasteiger partial charge in [0.15, 0.2) is 6.10 Å². The van der Waals surface area contributed by atoms with Crippen molar-refractivity contribution in [3.63, 3.8) is 0 Å². The van der Waals surface area contributed by atoms with Crippen LogP contribution in [0.25, 0.3) is 0 Å². The Kier molecular flexibility index (Phi) is 3.37. The molecule has 0 aromatic heterocycles. The van der Waals surface area contributed by atoms with Crippen LogP contribution in [-0.2, 0) is 4.79 Å². The van der Waals surface area contributed by atoms with E-state index in [-0.39, 0.29) is 6.61 Å². The van der Waals surface area contributed by atoms with E-state index in [1.54, 1.807) is 12.1 Å². The van der Waals surface area contributed by atoms with Gasteiger partial charge in [-0.15, -0.1) is 0 Å². The maximum absolute atomic E-state index is 11.3.